The van der Waals surface area contributed by atoms with Gasteiger partial charge in [-0.3, -0.25) is 13.9 Å². The van der Waals surface area contributed by atoms with Crippen LogP contribution < -0.4 is 10.9 Å². The van der Waals surface area contributed by atoms with Crippen molar-refractivity contribution in [3.63, 3.8) is 0 Å². The van der Waals surface area contributed by atoms with Crippen molar-refractivity contribution in [3.05, 3.63) is 16.7 Å². The number of anilines is 1. The lowest BCUT2D eigenvalue weighted by molar-refractivity contribution is -0.0583. The number of hydrogen-bond acceptors (Lipinski definition) is 8. The van der Waals surface area contributed by atoms with Gasteiger partial charge in [0, 0.05) is 21.2 Å². The highest BCUT2D eigenvalue weighted by atomic mass is 16.6. The maximum atomic E-state index is 12.3. The van der Waals surface area contributed by atoms with Gasteiger partial charge in [-0.25, -0.2) is 4.98 Å². The minimum Gasteiger partial charge on any atom is -0.394 e. The molecule has 4 atom stereocenters. The summed E-state index contributed by atoms with van der Waals surface area (Å²) >= 11 is 0. The van der Waals surface area contributed by atoms with Gasteiger partial charge < -0.3 is 25.0 Å². The lowest BCUT2D eigenvalue weighted by atomic mass is 10.1. The van der Waals surface area contributed by atoms with Gasteiger partial charge in [-0.05, 0) is 0 Å². The topological polar surface area (TPSA) is 124 Å². The summed E-state index contributed by atoms with van der Waals surface area (Å²) in [5.41, 5.74) is 0.200. The number of fused-ring (bicyclic) bond motifs is 1. The monoisotopic (exact) mass is 325 g/mol. The molecular formula is C13H19N5O5. The van der Waals surface area contributed by atoms with Crippen LogP contribution in [0, 0.1) is 0 Å². The Hall–Kier alpha value is -2.01. The number of aliphatic hydroxyl groups excluding tert-OH is 2. The molecule has 0 radical (unpaired) electrons. The molecule has 1 aliphatic rings. The van der Waals surface area contributed by atoms with Crippen LogP contribution >= 0.6 is 0 Å². The van der Waals surface area contributed by atoms with E-state index in [0.29, 0.717) is 11.6 Å². The molecule has 3 heterocycles. The maximum absolute atomic E-state index is 12.3. The van der Waals surface area contributed by atoms with Crippen LogP contribution in [0.4, 0.5) is 5.95 Å². The second-order valence-electron chi connectivity index (χ2n) is 5.31. The van der Waals surface area contributed by atoms with Gasteiger partial charge in [-0.2, -0.15) is 4.98 Å². The summed E-state index contributed by atoms with van der Waals surface area (Å²) in [5.74, 6) is 0.371. The summed E-state index contributed by atoms with van der Waals surface area (Å²) in [6.45, 7) is -0.346. The number of hydrogen-bond donors (Lipinski definition) is 3. The molecule has 10 nitrogen and oxygen atoms in total. The standard InChI is InChI=1S/C13H19N5O5/c1-14-13-16-10-7(11(21)17(13)2)15-5-18(10)12-9(22-3)8(20)6(4-19)23-12/h5-6,8-9,12,19-20H,4H2,1-3H3,(H,14,16)/t6-,8-,9-,12-/m1/s1. The Morgan fingerprint density at radius 2 is 2.26 bits per heavy atom. The second kappa shape index (κ2) is 5.89. The normalized spacial score (nSPS) is 27.7. The number of methoxy groups -OCH3 is 1. The highest BCUT2D eigenvalue weighted by Crippen LogP contribution is 2.32. The van der Waals surface area contributed by atoms with Gasteiger partial charge >= 0.3 is 0 Å². The van der Waals surface area contributed by atoms with Crippen LogP contribution in [0.1, 0.15) is 6.23 Å². The van der Waals surface area contributed by atoms with Crippen molar-refractivity contribution >= 4 is 17.1 Å². The van der Waals surface area contributed by atoms with E-state index in [-0.39, 0.29) is 17.7 Å². The fourth-order valence-corrected chi connectivity index (χ4v) is 2.80. The second-order valence-corrected chi connectivity index (χ2v) is 5.31. The lowest BCUT2D eigenvalue weighted by Gasteiger charge is -2.20. The number of imidazole rings is 1. The summed E-state index contributed by atoms with van der Waals surface area (Å²) in [4.78, 5) is 20.8. The van der Waals surface area contributed by atoms with Crippen molar-refractivity contribution in [3.8, 4) is 0 Å². The molecule has 2 aromatic rings. The molecule has 0 aromatic carbocycles. The summed E-state index contributed by atoms with van der Waals surface area (Å²) in [6, 6.07) is 0. The Bertz CT molecular complexity index is 772. The summed E-state index contributed by atoms with van der Waals surface area (Å²) in [7, 11) is 4.69. The van der Waals surface area contributed by atoms with Crippen LogP contribution in [0.2, 0.25) is 0 Å². The quantitative estimate of drug-likeness (QED) is 0.616. The first-order valence-electron chi connectivity index (χ1n) is 7.12. The smallest absolute Gasteiger partial charge is 0.282 e. The zero-order valence-electron chi connectivity index (χ0n) is 13.0. The molecule has 10 heteroatoms. The van der Waals surface area contributed by atoms with Gasteiger partial charge in [0.1, 0.15) is 18.3 Å². The number of nitrogens with zero attached hydrogens (tertiary/aromatic N) is 4. The Balaban J connectivity index is 2.13. The molecule has 2 aromatic heterocycles. The van der Waals surface area contributed by atoms with Crippen LogP contribution in [0.3, 0.4) is 0 Å². The van der Waals surface area contributed by atoms with E-state index >= 15 is 0 Å². The summed E-state index contributed by atoms with van der Waals surface area (Å²) < 4.78 is 13.8. The number of aliphatic hydroxyl groups is 2. The minimum absolute atomic E-state index is 0.187. The van der Waals surface area contributed by atoms with E-state index in [1.165, 1.54) is 22.6 Å². The Kier molecular flexibility index (Phi) is 4.06. The number of rotatable bonds is 4. The largest absolute Gasteiger partial charge is 0.394 e. The summed E-state index contributed by atoms with van der Waals surface area (Å²) in [6.07, 6.45) is -1.82. The molecule has 3 rings (SSSR count). The van der Waals surface area contributed by atoms with Crippen molar-refractivity contribution in [1.29, 1.82) is 0 Å². The molecule has 0 aliphatic carbocycles. The predicted octanol–water partition coefficient (Wildman–Crippen LogP) is -1.56. The van der Waals surface area contributed by atoms with Crippen molar-refractivity contribution in [2.24, 2.45) is 7.05 Å². The Morgan fingerprint density at radius 1 is 1.52 bits per heavy atom. The van der Waals surface area contributed by atoms with Crippen molar-refractivity contribution in [1.82, 2.24) is 19.1 Å². The third kappa shape index (κ3) is 2.30. The van der Waals surface area contributed by atoms with E-state index in [2.05, 4.69) is 15.3 Å². The van der Waals surface area contributed by atoms with E-state index in [9.17, 15) is 15.0 Å². The van der Waals surface area contributed by atoms with Gasteiger partial charge in [-0.1, -0.05) is 0 Å². The molecule has 3 N–H and O–H groups in total. The first kappa shape index (κ1) is 15.9. The van der Waals surface area contributed by atoms with Crippen molar-refractivity contribution in [2.45, 2.75) is 24.5 Å². The summed E-state index contributed by atoms with van der Waals surface area (Å²) in [5, 5.41) is 22.3. The number of aromatic nitrogens is 4. The molecule has 0 spiro atoms. The fourth-order valence-electron chi connectivity index (χ4n) is 2.80. The van der Waals surface area contributed by atoms with Crippen LogP contribution in [0.25, 0.3) is 11.2 Å². The van der Waals surface area contributed by atoms with Crippen LogP contribution in [0.5, 0.6) is 0 Å². The molecule has 0 saturated carbocycles. The van der Waals surface area contributed by atoms with Gasteiger partial charge in [-0.15, -0.1) is 0 Å². The van der Waals surface area contributed by atoms with Crippen molar-refractivity contribution in [2.75, 3.05) is 26.1 Å². The zero-order valence-corrected chi connectivity index (χ0v) is 13.0. The average molecular weight is 325 g/mol. The molecule has 1 aliphatic heterocycles. The first-order valence-corrected chi connectivity index (χ1v) is 7.12. The Labute approximate surface area is 131 Å². The molecular weight excluding hydrogens is 306 g/mol. The highest BCUT2D eigenvalue weighted by Gasteiger charge is 2.45. The Morgan fingerprint density at radius 3 is 2.87 bits per heavy atom. The molecule has 0 bridgehead atoms. The van der Waals surface area contributed by atoms with E-state index in [4.69, 9.17) is 9.47 Å². The van der Waals surface area contributed by atoms with Gasteiger partial charge in [0.2, 0.25) is 5.95 Å². The maximum Gasteiger partial charge on any atom is 0.282 e. The molecule has 0 amide bonds. The SMILES string of the molecule is CNc1nc2c(ncn2[C@@H]2O[C@H](CO)[C@@H](O)[C@H]2OC)c(=O)n1C. The highest BCUT2D eigenvalue weighted by molar-refractivity contribution is 5.71. The zero-order chi connectivity index (χ0) is 16.7. The molecule has 126 valence electrons. The van der Waals surface area contributed by atoms with Crippen LogP contribution in [-0.4, -0.2) is 68.4 Å². The lowest BCUT2D eigenvalue weighted by Crippen LogP contribution is -2.34. The van der Waals surface area contributed by atoms with Crippen molar-refractivity contribution < 1.29 is 19.7 Å². The number of ether oxygens (including phenoxy) is 2. The first-order chi connectivity index (χ1) is 11.0. The fraction of sp³-hybridized carbons (Fsp3) is 0.615. The minimum atomic E-state index is -0.997. The third-order valence-corrected chi connectivity index (χ3v) is 4.07. The van der Waals surface area contributed by atoms with Gasteiger partial charge in [0.05, 0.1) is 12.9 Å². The van der Waals surface area contributed by atoms with Gasteiger partial charge in [0.15, 0.2) is 17.4 Å². The van der Waals surface area contributed by atoms with E-state index in [1.807, 2.05) is 0 Å². The average Bonchev–Trinajstić information content (AvgIpc) is 3.11. The third-order valence-electron chi connectivity index (χ3n) is 4.07. The van der Waals surface area contributed by atoms with Crippen LogP contribution in [0.15, 0.2) is 11.1 Å². The van der Waals surface area contributed by atoms with Gasteiger partial charge in [0.25, 0.3) is 5.56 Å². The van der Waals surface area contributed by atoms with E-state index in [1.54, 1.807) is 14.1 Å². The van der Waals surface area contributed by atoms with E-state index in [0.717, 1.165) is 0 Å². The van der Waals surface area contributed by atoms with E-state index < -0.39 is 24.5 Å². The molecule has 23 heavy (non-hydrogen) atoms. The molecule has 1 fully saturated rings. The van der Waals surface area contributed by atoms with Crippen LogP contribution in [-0.2, 0) is 16.5 Å². The molecule has 0 unspecified atom stereocenters. The molecule has 1 saturated heterocycles. The predicted molar refractivity (Wildman–Crippen MR) is 80.1 cm³/mol. The number of nitrogens with one attached hydrogen (secondary N) is 1.